The lowest BCUT2D eigenvalue weighted by Gasteiger charge is -2.27. The average Bonchev–Trinajstić information content (AvgIpc) is 2.97. The van der Waals surface area contributed by atoms with Crippen LogP contribution in [0.4, 0.5) is 5.69 Å². The number of rotatable bonds is 8. The van der Waals surface area contributed by atoms with Gasteiger partial charge in [0.2, 0.25) is 0 Å². The van der Waals surface area contributed by atoms with Crippen LogP contribution in [0.25, 0.3) is 0 Å². The molecule has 0 bridgehead atoms. The SMILES string of the molecule is O=S(=O)(CSc1ccccc1N=P(c1ccccc1)(c1ccccc1)c1ccccc1)c1ccccc1. The van der Waals surface area contributed by atoms with Crippen molar-refractivity contribution in [3.63, 3.8) is 0 Å². The van der Waals surface area contributed by atoms with Gasteiger partial charge in [0.05, 0.1) is 17.6 Å². The molecule has 5 aromatic rings. The largest absolute Gasteiger partial charge is 0.253 e. The van der Waals surface area contributed by atoms with E-state index in [1.54, 1.807) is 24.3 Å². The summed E-state index contributed by atoms with van der Waals surface area (Å²) >= 11 is 1.31. The molecular formula is C31H26NO2PS2. The van der Waals surface area contributed by atoms with Gasteiger partial charge in [0.25, 0.3) is 0 Å². The molecule has 0 N–H and O–H groups in total. The maximum Gasteiger partial charge on any atom is 0.188 e. The Bertz CT molecular complexity index is 1520. The van der Waals surface area contributed by atoms with E-state index < -0.39 is 16.9 Å². The lowest BCUT2D eigenvalue weighted by Crippen LogP contribution is -2.25. The van der Waals surface area contributed by atoms with Gasteiger partial charge < -0.3 is 0 Å². The van der Waals surface area contributed by atoms with Crippen molar-refractivity contribution < 1.29 is 8.42 Å². The molecule has 0 aliphatic rings. The van der Waals surface area contributed by atoms with Crippen molar-refractivity contribution in [1.82, 2.24) is 0 Å². The zero-order valence-corrected chi connectivity index (χ0v) is 22.6. The van der Waals surface area contributed by atoms with Crippen LogP contribution in [-0.2, 0) is 9.84 Å². The standard InChI is InChI=1S/C31H26NO2PS2/c33-37(34,29-21-11-4-12-22-29)25-36-31-24-14-13-23-30(31)32-35(26-15-5-1-6-16-26,27-17-7-2-8-18-27)28-19-9-3-10-20-28/h1-24H,25H2. The van der Waals surface area contributed by atoms with Crippen molar-refractivity contribution >= 4 is 50.3 Å². The number of hydrogen-bond acceptors (Lipinski definition) is 4. The molecule has 0 heterocycles. The fourth-order valence-corrected chi connectivity index (χ4v) is 10.5. The predicted molar refractivity (Wildman–Crippen MR) is 158 cm³/mol. The molecule has 0 unspecified atom stereocenters. The van der Waals surface area contributed by atoms with E-state index in [0.717, 1.165) is 26.5 Å². The number of hydrogen-bond donors (Lipinski definition) is 0. The minimum Gasteiger partial charge on any atom is -0.253 e. The first-order valence-corrected chi connectivity index (χ1v) is 16.3. The smallest absolute Gasteiger partial charge is 0.188 e. The Kier molecular flexibility index (Phi) is 7.76. The van der Waals surface area contributed by atoms with E-state index in [1.807, 2.05) is 48.5 Å². The van der Waals surface area contributed by atoms with Gasteiger partial charge in [-0.2, -0.15) is 0 Å². The molecule has 5 aromatic carbocycles. The summed E-state index contributed by atoms with van der Waals surface area (Å²) in [4.78, 5) is 1.17. The molecule has 6 heteroatoms. The van der Waals surface area contributed by atoms with Crippen molar-refractivity contribution in [2.45, 2.75) is 9.79 Å². The maximum atomic E-state index is 13.0. The summed E-state index contributed by atoms with van der Waals surface area (Å²) in [6.45, 7) is 0. The first kappa shape index (κ1) is 25.3. The van der Waals surface area contributed by atoms with Gasteiger partial charge in [-0.15, -0.1) is 11.8 Å². The van der Waals surface area contributed by atoms with Crippen LogP contribution in [0, 0.1) is 0 Å². The zero-order chi connectivity index (χ0) is 25.6. The van der Waals surface area contributed by atoms with Crippen molar-refractivity contribution in [1.29, 1.82) is 0 Å². The van der Waals surface area contributed by atoms with Crippen LogP contribution in [0.5, 0.6) is 0 Å². The van der Waals surface area contributed by atoms with Gasteiger partial charge in [-0.3, -0.25) is 4.74 Å². The van der Waals surface area contributed by atoms with Gasteiger partial charge in [0, 0.05) is 20.8 Å². The van der Waals surface area contributed by atoms with E-state index in [4.69, 9.17) is 4.74 Å². The Morgan fingerprint density at radius 3 is 1.43 bits per heavy atom. The van der Waals surface area contributed by atoms with E-state index in [9.17, 15) is 8.42 Å². The fourth-order valence-electron chi connectivity index (χ4n) is 4.21. The number of thioether (sulfide) groups is 1. The molecule has 0 aliphatic heterocycles. The van der Waals surface area contributed by atoms with Crippen molar-refractivity contribution in [2.24, 2.45) is 4.74 Å². The molecule has 0 spiro atoms. The highest BCUT2D eigenvalue weighted by Gasteiger charge is 2.28. The summed E-state index contributed by atoms with van der Waals surface area (Å²) in [6.07, 6.45) is 0. The lowest BCUT2D eigenvalue weighted by molar-refractivity contribution is 0.601. The second kappa shape index (κ2) is 11.4. The molecule has 3 nitrogen and oxygen atoms in total. The summed E-state index contributed by atoms with van der Waals surface area (Å²) in [5, 5.41) is 3.37. The van der Waals surface area contributed by atoms with Gasteiger partial charge in [-0.05, 0) is 24.3 Å². The summed E-state index contributed by atoms with van der Waals surface area (Å²) in [7, 11) is -5.91. The lowest BCUT2D eigenvalue weighted by atomic mass is 10.3. The molecule has 0 amide bonds. The van der Waals surface area contributed by atoms with Gasteiger partial charge in [0.15, 0.2) is 9.84 Å². The highest BCUT2D eigenvalue weighted by molar-refractivity contribution is 8.12. The molecule has 0 aliphatic carbocycles. The minimum absolute atomic E-state index is 0.0585. The Balaban J connectivity index is 1.69. The molecule has 0 aromatic heterocycles. The molecule has 0 atom stereocenters. The third-order valence-corrected chi connectivity index (χ3v) is 13.0. The number of nitrogens with zero attached hydrogens (tertiary/aromatic N) is 1. The zero-order valence-electron chi connectivity index (χ0n) is 20.1. The molecule has 0 saturated heterocycles. The molecule has 5 rings (SSSR count). The van der Waals surface area contributed by atoms with E-state index in [1.165, 1.54) is 11.8 Å². The van der Waals surface area contributed by atoms with Crippen molar-refractivity contribution in [2.75, 3.05) is 5.08 Å². The third-order valence-electron chi connectivity index (χ3n) is 5.98. The first-order valence-electron chi connectivity index (χ1n) is 11.9. The topological polar surface area (TPSA) is 46.5 Å². The molecular weight excluding hydrogens is 513 g/mol. The van der Waals surface area contributed by atoms with Crippen molar-refractivity contribution in [3.05, 3.63) is 146 Å². The highest BCUT2D eigenvalue weighted by Crippen LogP contribution is 2.50. The maximum absolute atomic E-state index is 13.0. The summed E-state index contributed by atoms with van der Waals surface area (Å²) < 4.78 is 31.6. The minimum atomic E-state index is -3.45. The van der Waals surface area contributed by atoms with Crippen LogP contribution >= 0.6 is 18.8 Å². The Morgan fingerprint density at radius 2 is 0.946 bits per heavy atom. The molecule has 37 heavy (non-hydrogen) atoms. The summed E-state index contributed by atoms with van der Waals surface area (Å²) in [5.41, 5.74) is 0.792. The van der Waals surface area contributed by atoms with Gasteiger partial charge >= 0.3 is 0 Å². The fraction of sp³-hybridized carbons (Fsp3) is 0.0323. The number of benzene rings is 5. The van der Waals surface area contributed by atoms with E-state index in [-0.39, 0.29) is 5.08 Å². The molecule has 184 valence electrons. The van der Waals surface area contributed by atoms with Crippen LogP contribution in [-0.4, -0.2) is 13.5 Å². The average molecular weight is 540 g/mol. The van der Waals surface area contributed by atoms with Crippen LogP contribution in [0.1, 0.15) is 0 Å². The third kappa shape index (κ3) is 5.50. The van der Waals surface area contributed by atoms with Crippen LogP contribution < -0.4 is 15.9 Å². The van der Waals surface area contributed by atoms with E-state index in [0.29, 0.717) is 4.90 Å². The van der Waals surface area contributed by atoms with Crippen molar-refractivity contribution in [3.8, 4) is 0 Å². The van der Waals surface area contributed by atoms with Crippen LogP contribution in [0.3, 0.4) is 0 Å². The summed E-state index contributed by atoms with van der Waals surface area (Å²) in [5.74, 6) is 0. The predicted octanol–water partition coefficient (Wildman–Crippen LogP) is 7.02. The molecule has 0 fully saturated rings. The van der Waals surface area contributed by atoms with E-state index in [2.05, 4.69) is 72.8 Å². The second-order valence-electron chi connectivity index (χ2n) is 8.40. The Labute approximate surface area is 223 Å². The van der Waals surface area contributed by atoms with Gasteiger partial charge in [-0.25, -0.2) is 8.42 Å². The highest BCUT2D eigenvalue weighted by atomic mass is 32.3. The van der Waals surface area contributed by atoms with Crippen LogP contribution in [0.2, 0.25) is 0 Å². The summed E-state index contributed by atoms with van der Waals surface area (Å²) in [6, 6.07) is 47.7. The first-order chi connectivity index (χ1) is 18.1. The normalized spacial score (nSPS) is 11.7. The second-order valence-corrected chi connectivity index (χ2v) is 14.8. The van der Waals surface area contributed by atoms with E-state index >= 15 is 0 Å². The van der Waals surface area contributed by atoms with Gasteiger partial charge in [0.1, 0.15) is 5.08 Å². The monoisotopic (exact) mass is 539 g/mol. The molecule has 0 radical (unpaired) electrons. The Morgan fingerprint density at radius 1 is 0.541 bits per heavy atom. The quantitative estimate of drug-likeness (QED) is 0.157. The number of sulfone groups is 1. The Hall–Kier alpha value is -3.37. The molecule has 0 saturated carbocycles. The van der Waals surface area contributed by atoms with Gasteiger partial charge in [-0.1, -0.05) is 121 Å². The van der Waals surface area contributed by atoms with Crippen LogP contribution in [0.15, 0.2) is 160 Å².